The molecule has 0 aromatic carbocycles. The molecule has 1 amide bonds. The van der Waals surface area contributed by atoms with Crippen LogP contribution in [0.3, 0.4) is 0 Å². The van der Waals surface area contributed by atoms with Crippen molar-refractivity contribution in [2.75, 3.05) is 13.2 Å². The standard InChI is InChI=1S/C9H15Cl2NO2/c1-3-9(4-2)12(5-6-14-9)8(13)7(10)11/h7H,3-6H2,1-2H3. The SMILES string of the molecule is CCC1(CC)OCCN1C(=O)C(Cl)Cl. The lowest BCUT2D eigenvalue weighted by Gasteiger charge is -2.35. The van der Waals surface area contributed by atoms with Crippen LogP contribution in [0.1, 0.15) is 26.7 Å². The Kier molecular flexibility index (Phi) is 4.04. The minimum atomic E-state index is -0.992. The van der Waals surface area contributed by atoms with Gasteiger partial charge in [0.2, 0.25) is 0 Å². The number of rotatable bonds is 3. The minimum Gasteiger partial charge on any atom is -0.354 e. The van der Waals surface area contributed by atoms with E-state index in [-0.39, 0.29) is 5.91 Å². The van der Waals surface area contributed by atoms with Gasteiger partial charge < -0.3 is 9.64 Å². The van der Waals surface area contributed by atoms with E-state index in [9.17, 15) is 4.79 Å². The lowest BCUT2D eigenvalue weighted by atomic mass is 10.1. The first-order valence-corrected chi connectivity index (χ1v) is 5.68. The van der Waals surface area contributed by atoms with Gasteiger partial charge in [-0.2, -0.15) is 0 Å². The average Bonchev–Trinajstić information content (AvgIpc) is 2.60. The summed E-state index contributed by atoms with van der Waals surface area (Å²) in [6, 6.07) is 0. The molecule has 0 atom stereocenters. The van der Waals surface area contributed by atoms with Gasteiger partial charge in [0, 0.05) is 6.54 Å². The van der Waals surface area contributed by atoms with Gasteiger partial charge in [-0.1, -0.05) is 37.0 Å². The monoisotopic (exact) mass is 239 g/mol. The topological polar surface area (TPSA) is 29.5 Å². The Bertz CT molecular complexity index is 217. The fourth-order valence-electron chi connectivity index (χ4n) is 1.87. The summed E-state index contributed by atoms with van der Waals surface area (Å²) in [6.07, 6.45) is 1.52. The molecule has 82 valence electrons. The first-order chi connectivity index (χ1) is 6.57. The van der Waals surface area contributed by atoms with Crippen molar-refractivity contribution < 1.29 is 9.53 Å². The smallest absolute Gasteiger partial charge is 0.258 e. The van der Waals surface area contributed by atoms with Crippen molar-refractivity contribution in [3.05, 3.63) is 0 Å². The van der Waals surface area contributed by atoms with Crippen LogP contribution in [-0.2, 0) is 9.53 Å². The second-order valence-corrected chi connectivity index (χ2v) is 4.39. The van der Waals surface area contributed by atoms with Gasteiger partial charge in [0.25, 0.3) is 5.91 Å². The third-order valence-electron chi connectivity index (χ3n) is 2.74. The molecule has 1 saturated heterocycles. The van der Waals surface area contributed by atoms with Crippen molar-refractivity contribution in [1.29, 1.82) is 0 Å². The van der Waals surface area contributed by atoms with Crippen molar-refractivity contribution >= 4 is 29.1 Å². The molecule has 1 rings (SSSR count). The Morgan fingerprint density at radius 1 is 1.50 bits per heavy atom. The molecule has 0 spiro atoms. The van der Waals surface area contributed by atoms with E-state index >= 15 is 0 Å². The van der Waals surface area contributed by atoms with Crippen molar-refractivity contribution in [3.8, 4) is 0 Å². The molecule has 0 bridgehead atoms. The summed E-state index contributed by atoms with van der Waals surface area (Å²) in [5.41, 5.74) is -0.487. The number of nitrogens with zero attached hydrogens (tertiary/aromatic N) is 1. The van der Waals surface area contributed by atoms with Crippen LogP contribution in [0, 0.1) is 0 Å². The molecule has 0 aliphatic carbocycles. The van der Waals surface area contributed by atoms with Gasteiger partial charge in [-0.3, -0.25) is 4.79 Å². The van der Waals surface area contributed by atoms with Crippen molar-refractivity contribution in [1.82, 2.24) is 4.90 Å². The number of hydrogen-bond acceptors (Lipinski definition) is 2. The Hall–Kier alpha value is 0.01000. The van der Waals surface area contributed by atoms with E-state index < -0.39 is 10.6 Å². The summed E-state index contributed by atoms with van der Waals surface area (Å²) >= 11 is 11.1. The zero-order chi connectivity index (χ0) is 10.8. The van der Waals surface area contributed by atoms with Crippen LogP contribution in [-0.4, -0.2) is 34.5 Å². The van der Waals surface area contributed by atoms with Crippen LogP contribution in [0.2, 0.25) is 0 Å². The molecule has 0 aromatic rings. The highest BCUT2D eigenvalue weighted by Gasteiger charge is 2.43. The Morgan fingerprint density at radius 2 is 2.07 bits per heavy atom. The summed E-state index contributed by atoms with van der Waals surface area (Å²) in [4.78, 5) is 12.3. The fourth-order valence-corrected chi connectivity index (χ4v) is 2.11. The minimum absolute atomic E-state index is 0.255. The molecular weight excluding hydrogens is 225 g/mol. The van der Waals surface area contributed by atoms with Gasteiger partial charge in [-0.15, -0.1) is 0 Å². The van der Waals surface area contributed by atoms with Crippen LogP contribution in [0.15, 0.2) is 0 Å². The van der Waals surface area contributed by atoms with Crippen LogP contribution in [0.4, 0.5) is 0 Å². The molecule has 3 nitrogen and oxygen atoms in total. The number of hydrogen-bond donors (Lipinski definition) is 0. The van der Waals surface area contributed by atoms with Crippen LogP contribution >= 0.6 is 23.2 Å². The molecule has 1 aliphatic rings. The molecule has 0 saturated carbocycles. The van der Waals surface area contributed by atoms with E-state index in [1.54, 1.807) is 4.90 Å². The van der Waals surface area contributed by atoms with Crippen molar-refractivity contribution in [3.63, 3.8) is 0 Å². The Morgan fingerprint density at radius 3 is 2.50 bits per heavy atom. The van der Waals surface area contributed by atoms with E-state index in [0.717, 1.165) is 12.8 Å². The van der Waals surface area contributed by atoms with E-state index in [1.165, 1.54) is 0 Å². The van der Waals surface area contributed by atoms with Gasteiger partial charge in [-0.05, 0) is 12.8 Å². The molecule has 14 heavy (non-hydrogen) atoms. The predicted octanol–water partition coefficient (Wildman–Crippen LogP) is 2.17. The summed E-state index contributed by atoms with van der Waals surface area (Å²) < 4.78 is 5.61. The fraction of sp³-hybridized carbons (Fsp3) is 0.889. The largest absolute Gasteiger partial charge is 0.354 e. The molecule has 0 unspecified atom stereocenters. The number of carbonyl (C=O) groups excluding carboxylic acids is 1. The van der Waals surface area contributed by atoms with E-state index in [2.05, 4.69) is 0 Å². The van der Waals surface area contributed by atoms with Gasteiger partial charge in [0.1, 0.15) is 5.72 Å². The maximum Gasteiger partial charge on any atom is 0.258 e. The number of amides is 1. The quantitative estimate of drug-likeness (QED) is 0.707. The molecule has 0 aromatic heterocycles. The molecular formula is C9H15Cl2NO2. The zero-order valence-corrected chi connectivity index (χ0v) is 9.94. The highest BCUT2D eigenvalue weighted by molar-refractivity contribution is 6.53. The maximum atomic E-state index is 11.7. The van der Waals surface area contributed by atoms with E-state index in [0.29, 0.717) is 13.2 Å². The van der Waals surface area contributed by atoms with Gasteiger partial charge in [-0.25, -0.2) is 0 Å². The Labute approximate surface area is 94.3 Å². The second kappa shape index (κ2) is 4.69. The number of carbonyl (C=O) groups is 1. The zero-order valence-electron chi connectivity index (χ0n) is 8.43. The molecule has 5 heteroatoms. The third kappa shape index (κ3) is 2.00. The van der Waals surface area contributed by atoms with Gasteiger partial charge in [0.15, 0.2) is 4.84 Å². The number of halogens is 2. The van der Waals surface area contributed by atoms with Crippen molar-refractivity contribution in [2.24, 2.45) is 0 Å². The molecule has 1 aliphatic heterocycles. The summed E-state index contributed by atoms with van der Waals surface area (Å²) in [5, 5.41) is 0. The van der Waals surface area contributed by atoms with Crippen LogP contribution < -0.4 is 0 Å². The lowest BCUT2D eigenvalue weighted by Crippen LogP contribution is -2.49. The normalized spacial score (nSPS) is 20.5. The highest BCUT2D eigenvalue weighted by Crippen LogP contribution is 2.31. The van der Waals surface area contributed by atoms with Gasteiger partial charge >= 0.3 is 0 Å². The molecule has 1 fully saturated rings. The average molecular weight is 240 g/mol. The lowest BCUT2D eigenvalue weighted by molar-refractivity contribution is -0.148. The summed E-state index contributed by atoms with van der Waals surface area (Å²) in [6.45, 7) is 5.13. The highest BCUT2D eigenvalue weighted by atomic mass is 35.5. The van der Waals surface area contributed by atoms with E-state index in [1.807, 2.05) is 13.8 Å². The first kappa shape index (κ1) is 12.1. The number of ether oxygens (including phenoxy) is 1. The second-order valence-electron chi connectivity index (χ2n) is 3.29. The van der Waals surface area contributed by atoms with Crippen LogP contribution in [0.25, 0.3) is 0 Å². The first-order valence-electron chi connectivity index (χ1n) is 4.81. The van der Waals surface area contributed by atoms with E-state index in [4.69, 9.17) is 27.9 Å². The molecule has 1 heterocycles. The third-order valence-corrected chi connectivity index (χ3v) is 3.11. The molecule has 0 N–H and O–H groups in total. The van der Waals surface area contributed by atoms with Crippen LogP contribution in [0.5, 0.6) is 0 Å². The molecule has 0 radical (unpaired) electrons. The summed E-state index contributed by atoms with van der Waals surface area (Å²) in [7, 11) is 0. The number of alkyl halides is 2. The maximum absolute atomic E-state index is 11.7. The van der Waals surface area contributed by atoms with Gasteiger partial charge in [0.05, 0.1) is 6.61 Å². The Balaban J connectivity index is 2.81. The predicted molar refractivity (Wildman–Crippen MR) is 56.5 cm³/mol. The van der Waals surface area contributed by atoms with Crippen molar-refractivity contribution in [2.45, 2.75) is 37.3 Å². The summed E-state index contributed by atoms with van der Waals surface area (Å²) in [5.74, 6) is -0.255.